The highest BCUT2D eigenvalue weighted by Crippen LogP contribution is 2.20. The minimum Gasteiger partial charge on any atom is -0.325 e. The standard InChI is InChI=1S/C22H29N3O3S/c1-17(2)19-9-11-20(12-10-19)23-22(26)18(3)24-13-15-25(16-14-24)29(27,28)21-7-5-4-6-8-21/h4-12,17-18H,13-16H2,1-3H3,(H,23,26)/t18-/m1/s1. The van der Waals surface area contributed by atoms with Crippen LogP contribution in [0.5, 0.6) is 0 Å². The van der Waals surface area contributed by atoms with Crippen LogP contribution in [0.2, 0.25) is 0 Å². The number of sulfonamides is 1. The average Bonchev–Trinajstić information content (AvgIpc) is 2.74. The van der Waals surface area contributed by atoms with Crippen molar-refractivity contribution in [3.8, 4) is 0 Å². The van der Waals surface area contributed by atoms with E-state index in [0.29, 0.717) is 37.0 Å². The summed E-state index contributed by atoms with van der Waals surface area (Å²) >= 11 is 0. The quantitative estimate of drug-likeness (QED) is 0.787. The summed E-state index contributed by atoms with van der Waals surface area (Å²) in [5.41, 5.74) is 2.00. The largest absolute Gasteiger partial charge is 0.325 e. The van der Waals surface area contributed by atoms with Crippen LogP contribution < -0.4 is 5.32 Å². The minimum atomic E-state index is -3.49. The number of hydrogen-bond donors (Lipinski definition) is 1. The molecule has 1 aliphatic heterocycles. The SMILES string of the molecule is CC(C)c1ccc(NC(=O)[C@@H](C)N2CCN(S(=O)(=O)c3ccccc3)CC2)cc1. The molecule has 1 heterocycles. The molecule has 1 atom stereocenters. The summed E-state index contributed by atoms with van der Waals surface area (Å²) in [5, 5.41) is 2.96. The lowest BCUT2D eigenvalue weighted by Crippen LogP contribution is -2.53. The van der Waals surface area contributed by atoms with Gasteiger partial charge in [-0.25, -0.2) is 8.42 Å². The molecule has 1 aliphatic rings. The number of amides is 1. The van der Waals surface area contributed by atoms with Crippen LogP contribution >= 0.6 is 0 Å². The van der Waals surface area contributed by atoms with E-state index in [1.807, 2.05) is 36.1 Å². The van der Waals surface area contributed by atoms with Gasteiger partial charge in [0.05, 0.1) is 10.9 Å². The van der Waals surface area contributed by atoms with Crippen molar-refractivity contribution in [2.75, 3.05) is 31.5 Å². The van der Waals surface area contributed by atoms with Crippen LogP contribution in [-0.4, -0.2) is 55.8 Å². The number of carbonyl (C=O) groups excluding carboxylic acids is 1. The van der Waals surface area contributed by atoms with E-state index in [1.165, 1.54) is 9.87 Å². The lowest BCUT2D eigenvalue weighted by Gasteiger charge is -2.36. The van der Waals surface area contributed by atoms with Crippen molar-refractivity contribution in [3.63, 3.8) is 0 Å². The van der Waals surface area contributed by atoms with Gasteiger partial charge in [0.15, 0.2) is 0 Å². The van der Waals surface area contributed by atoms with E-state index in [4.69, 9.17) is 0 Å². The monoisotopic (exact) mass is 415 g/mol. The number of nitrogens with zero attached hydrogens (tertiary/aromatic N) is 2. The van der Waals surface area contributed by atoms with E-state index in [0.717, 1.165) is 5.69 Å². The van der Waals surface area contributed by atoms with Gasteiger partial charge in [-0.1, -0.05) is 44.2 Å². The highest BCUT2D eigenvalue weighted by Gasteiger charge is 2.31. The molecule has 0 aliphatic carbocycles. The molecule has 1 N–H and O–H groups in total. The number of rotatable bonds is 6. The van der Waals surface area contributed by atoms with Crippen LogP contribution in [0.25, 0.3) is 0 Å². The highest BCUT2D eigenvalue weighted by molar-refractivity contribution is 7.89. The summed E-state index contributed by atoms with van der Waals surface area (Å²) in [7, 11) is -3.49. The van der Waals surface area contributed by atoms with Gasteiger partial charge in [0.2, 0.25) is 15.9 Å². The van der Waals surface area contributed by atoms with E-state index >= 15 is 0 Å². The Labute approximate surface area is 173 Å². The molecule has 1 saturated heterocycles. The third-order valence-electron chi connectivity index (χ3n) is 5.43. The Kier molecular flexibility index (Phi) is 6.72. The summed E-state index contributed by atoms with van der Waals surface area (Å²) in [6.07, 6.45) is 0. The second-order valence-electron chi connectivity index (χ2n) is 7.70. The molecule has 0 spiro atoms. The number of hydrogen-bond acceptors (Lipinski definition) is 4. The summed E-state index contributed by atoms with van der Waals surface area (Å²) in [5.74, 6) is 0.365. The molecule has 0 bridgehead atoms. The van der Waals surface area contributed by atoms with Gasteiger partial charge >= 0.3 is 0 Å². The third-order valence-corrected chi connectivity index (χ3v) is 7.34. The summed E-state index contributed by atoms with van der Waals surface area (Å²) in [6, 6.07) is 16.0. The average molecular weight is 416 g/mol. The Morgan fingerprint density at radius 2 is 1.48 bits per heavy atom. The zero-order valence-corrected chi connectivity index (χ0v) is 18.0. The minimum absolute atomic E-state index is 0.0818. The molecule has 0 aromatic heterocycles. The smallest absolute Gasteiger partial charge is 0.243 e. The Hall–Kier alpha value is -2.22. The van der Waals surface area contributed by atoms with Crippen LogP contribution in [0.15, 0.2) is 59.5 Å². The van der Waals surface area contributed by atoms with E-state index in [9.17, 15) is 13.2 Å². The maximum atomic E-state index is 12.7. The van der Waals surface area contributed by atoms with Crippen LogP contribution in [0.4, 0.5) is 5.69 Å². The maximum absolute atomic E-state index is 12.7. The van der Waals surface area contributed by atoms with Crippen molar-refractivity contribution in [2.45, 2.75) is 37.6 Å². The molecule has 1 amide bonds. The van der Waals surface area contributed by atoms with Gasteiger partial charge in [-0.2, -0.15) is 4.31 Å². The molecule has 7 heteroatoms. The second kappa shape index (κ2) is 9.07. The number of piperazine rings is 1. The van der Waals surface area contributed by atoms with Gasteiger partial charge in [0.1, 0.15) is 0 Å². The number of benzene rings is 2. The fourth-order valence-corrected chi connectivity index (χ4v) is 4.88. The molecule has 29 heavy (non-hydrogen) atoms. The lowest BCUT2D eigenvalue weighted by molar-refractivity contribution is -0.121. The van der Waals surface area contributed by atoms with Crippen LogP contribution in [-0.2, 0) is 14.8 Å². The molecule has 2 aromatic carbocycles. The van der Waals surface area contributed by atoms with Gasteiger partial charge < -0.3 is 5.32 Å². The van der Waals surface area contributed by atoms with E-state index in [1.54, 1.807) is 30.3 Å². The molecular formula is C22H29N3O3S. The number of nitrogens with one attached hydrogen (secondary N) is 1. The Balaban J connectivity index is 1.56. The van der Waals surface area contributed by atoms with Crippen molar-refractivity contribution in [1.82, 2.24) is 9.21 Å². The first-order chi connectivity index (χ1) is 13.8. The Morgan fingerprint density at radius 1 is 0.897 bits per heavy atom. The van der Waals surface area contributed by atoms with Crippen LogP contribution in [0, 0.1) is 0 Å². The van der Waals surface area contributed by atoms with Crippen molar-refractivity contribution in [2.24, 2.45) is 0 Å². The number of carbonyl (C=O) groups is 1. The first-order valence-corrected chi connectivity index (χ1v) is 11.4. The van der Waals surface area contributed by atoms with Gasteiger partial charge in [0, 0.05) is 31.9 Å². The third kappa shape index (κ3) is 5.04. The topological polar surface area (TPSA) is 69.7 Å². The summed E-state index contributed by atoms with van der Waals surface area (Å²) in [6.45, 7) is 7.91. The van der Waals surface area contributed by atoms with Gasteiger partial charge in [-0.3, -0.25) is 9.69 Å². The molecule has 0 radical (unpaired) electrons. The van der Waals surface area contributed by atoms with Gasteiger partial charge in [-0.15, -0.1) is 0 Å². The molecule has 3 rings (SSSR count). The van der Waals surface area contributed by atoms with Crippen molar-refractivity contribution in [3.05, 3.63) is 60.2 Å². The first kappa shape index (κ1) is 21.5. The first-order valence-electron chi connectivity index (χ1n) is 9.99. The van der Waals surface area contributed by atoms with Crippen LogP contribution in [0.1, 0.15) is 32.3 Å². The summed E-state index contributed by atoms with van der Waals surface area (Å²) in [4.78, 5) is 15.0. The van der Waals surface area contributed by atoms with Crippen molar-refractivity contribution >= 4 is 21.6 Å². The molecule has 2 aromatic rings. The van der Waals surface area contributed by atoms with Crippen molar-refractivity contribution < 1.29 is 13.2 Å². The molecule has 156 valence electrons. The van der Waals surface area contributed by atoms with Crippen LogP contribution in [0.3, 0.4) is 0 Å². The van der Waals surface area contributed by atoms with Crippen molar-refractivity contribution in [1.29, 1.82) is 0 Å². The predicted molar refractivity (Wildman–Crippen MR) is 115 cm³/mol. The molecular weight excluding hydrogens is 386 g/mol. The van der Waals surface area contributed by atoms with Gasteiger partial charge in [-0.05, 0) is 42.7 Å². The zero-order valence-electron chi connectivity index (χ0n) is 17.2. The fraction of sp³-hybridized carbons (Fsp3) is 0.409. The predicted octanol–water partition coefficient (Wildman–Crippen LogP) is 3.14. The number of anilines is 1. The lowest BCUT2D eigenvalue weighted by atomic mass is 10.0. The molecule has 1 fully saturated rings. The van der Waals surface area contributed by atoms with E-state index < -0.39 is 10.0 Å². The second-order valence-corrected chi connectivity index (χ2v) is 9.63. The molecule has 0 saturated carbocycles. The maximum Gasteiger partial charge on any atom is 0.243 e. The van der Waals surface area contributed by atoms with E-state index in [-0.39, 0.29) is 11.9 Å². The normalized spacial score (nSPS) is 17.2. The molecule has 6 nitrogen and oxygen atoms in total. The van der Waals surface area contributed by atoms with E-state index in [2.05, 4.69) is 19.2 Å². The highest BCUT2D eigenvalue weighted by atomic mass is 32.2. The summed E-state index contributed by atoms with van der Waals surface area (Å²) < 4.78 is 27.0. The van der Waals surface area contributed by atoms with Gasteiger partial charge in [0.25, 0.3) is 0 Å². The fourth-order valence-electron chi connectivity index (χ4n) is 3.44. The molecule has 0 unspecified atom stereocenters. The Morgan fingerprint density at radius 3 is 2.03 bits per heavy atom. The Bertz CT molecular complexity index is 920. The zero-order chi connectivity index (χ0) is 21.0.